The first-order valence-electron chi connectivity index (χ1n) is 6.27. The monoisotopic (exact) mass is 292 g/mol. The summed E-state index contributed by atoms with van der Waals surface area (Å²) in [5.41, 5.74) is 1.83. The Labute approximate surface area is 121 Å². The minimum absolute atomic E-state index is 0.117. The molecule has 0 radical (unpaired) electrons. The number of anilines is 1. The number of fused-ring (bicyclic) bond motifs is 1. The first-order valence-corrected chi connectivity index (χ1v) is 6.68. The molecule has 0 unspecified atom stereocenters. The van der Waals surface area contributed by atoms with Gasteiger partial charge in [-0.05, 0) is 36.3 Å². The van der Waals surface area contributed by atoms with Crippen molar-refractivity contribution in [2.75, 3.05) is 5.32 Å². The summed E-state index contributed by atoms with van der Waals surface area (Å²) in [5.74, 6) is 0.160. The number of carbonyl (C=O) groups is 1. The molecule has 0 bridgehead atoms. The third-order valence-electron chi connectivity index (χ3n) is 2.62. The van der Waals surface area contributed by atoms with E-state index < -0.39 is 0 Å². The van der Waals surface area contributed by atoms with Crippen LogP contribution in [0.25, 0.3) is 11.0 Å². The number of nitrogens with one attached hydrogen (secondary N) is 4. The van der Waals surface area contributed by atoms with Crippen molar-refractivity contribution in [3.8, 4) is 0 Å². The molecular formula is C13H16N4O2S. The molecule has 1 amide bonds. The molecule has 0 fully saturated rings. The summed E-state index contributed by atoms with van der Waals surface area (Å²) < 4.78 is 0. The number of amides is 1. The number of hydrogen-bond acceptors (Lipinski definition) is 3. The van der Waals surface area contributed by atoms with Crippen LogP contribution in [0.15, 0.2) is 23.0 Å². The predicted octanol–water partition coefficient (Wildman–Crippen LogP) is 1.72. The number of imidazole rings is 1. The summed E-state index contributed by atoms with van der Waals surface area (Å²) >= 11 is 5.07. The Bertz CT molecular complexity index is 702. The molecule has 0 aliphatic heterocycles. The van der Waals surface area contributed by atoms with E-state index in [4.69, 9.17) is 12.2 Å². The molecule has 0 saturated carbocycles. The van der Waals surface area contributed by atoms with Crippen LogP contribution in [0.3, 0.4) is 0 Å². The van der Waals surface area contributed by atoms with Crippen molar-refractivity contribution in [3.63, 3.8) is 0 Å². The van der Waals surface area contributed by atoms with Crippen LogP contribution in [-0.2, 0) is 4.79 Å². The van der Waals surface area contributed by atoms with Crippen molar-refractivity contribution in [2.45, 2.75) is 20.3 Å². The van der Waals surface area contributed by atoms with Crippen molar-refractivity contribution >= 4 is 40.0 Å². The average molecular weight is 292 g/mol. The summed E-state index contributed by atoms with van der Waals surface area (Å²) in [6.45, 7) is 3.93. The molecular weight excluding hydrogens is 276 g/mol. The molecule has 2 aromatic rings. The molecule has 0 atom stereocenters. The number of carbonyl (C=O) groups excluding carboxylic acids is 1. The van der Waals surface area contributed by atoms with Gasteiger partial charge in [0.25, 0.3) is 0 Å². The first kappa shape index (κ1) is 14.3. The highest BCUT2D eigenvalue weighted by molar-refractivity contribution is 7.80. The molecule has 1 aromatic carbocycles. The lowest BCUT2D eigenvalue weighted by Gasteiger charge is -2.10. The second-order valence-electron chi connectivity index (χ2n) is 4.94. The van der Waals surface area contributed by atoms with Gasteiger partial charge in [-0.15, -0.1) is 0 Å². The Morgan fingerprint density at radius 2 is 2.00 bits per heavy atom. The van der Waals surface area contributed by atoms with Gasteiger partial charge < -0.3 is 20.6 Å². The second kappa shape index (κ2) is 5.87. The zero-order valence-electron chi connectivity index (χ0n) is 11.2. The zero-order valence-corrected chi connectivity index (χ0v) is 12.1. The maximum atomic E-state index is 11.6. The molecule has 7 heteroatoms. The van der Waals surface area contributed by atoms with Crippen molar-refractivity contribution in [2.24, 2.45) is 5.92 Å². The maximum Gasteiger partial charge on any atom is 0.323 e. The fourth-order valence-corrected chi connectivity index (χ4v) is 2.05. The van der Waals surface area contributed by atoms with Crippen LogP contribution in [0.4, 0.5) is 5.69 Å². The van der Waals surface area contributed by atoms with Gasteiger partial charge in [0, 0.05) is 12.1 Å². The topological polar surface area (TPSA) is 89.8 Å². The Morgan fingerprint density at radius 3 is 2.70 bits per heavy atom. The highest BCUT2D eigenvalue weighted by Crippen LogP contribution is 2.14. The van der Waals surface area contributed by atoms with Crippen LogP contribution in [0.5, 0.6) is 0 Å². The van der Waals surface area contributed by atoms with Crippen LogP contribution in [-0.4, -0.2) is 21.0 Å². The summed E-state index contributed by atoms with van der Waals surface area (Å²) in [6.07, 6.45) is 0.423. The van der Waals surface area contributed by atoms with Crippen molar-refractivity contribution < 1.29 is 4.79 Å². The molecule has 1 heterocycles. The highest BCUT2D eigenvalue weighted by Gasteiger charge is 2.07. The maximum absolute atomic E-state index is 11.6. The molecule has 0 aliphatic carbocycles. The average Bonchev–Trinajstić information content (AvgIpc) is 2.66. The fraction of sp³-hybridized carbons (Fsp3) is 0.308. The highest BCUT2D eigenvalue weighted by atomic mass is 32.1. The van der Waals surface area contributed by atoms with Crippen molar-refractivity contribution in [3.05, 3.63) is 28.7 Å². The molecule has 2 rings (SSSR count). The Morgan fingerprint density at radius 1 is 1.30 bits per heavy atom. The first-order chi connectivity index (χ1) is 9.44. The lowest BCUT2D eigenvalue weighted by Crippen LogP contribution is -2.34. The SMILES string of the molecule is CC(C)CC(=O)NC(=S)Nc1ccc2[nH]c(=O)[nH]c2c1. The third kappa shape index (κ3) is 3.67. The van der Waals surface area contributed by atoms with E-state index in [0.29, 0.717) is 17.6 Å². The van der Waals surface area contributed by atoms with E-state index in [2.05, 4.69) is 20.6 Å². The number of aromatic amines is 2. The Hall–Kier alpha value is -2.15. The van der Waals surface area contributed by atoms with Crippen LogP contribution in [0.1, 0.15) is 20.3 Å². The molecule has 1 aromatic heterocycles. The van der Waals surface area contributed by atoms with Gasteiger partial charge in [-0.3, -0.25) is 4.79 Å². The molecule has 106 valence electrons. The minimum atomic E-state index is -0.259. The lowest BCUT2D eigenvalue weighted by molar-refractivity contribution is -0.120. The van der Waals surface area contributed by atoms with E-state index in [0.717, 1.165) is 5.52 Å². The quantitative estimate of drug-likeness (QED) is 0.648. The van der Waals surface area contributed by atoms with E-state index >= 15 is 0 Å². The van der Waals surface area contributed by atoms with Gasteiger partial charge in [0.2, 0.25) is 5.91 Å². The van der Waals surface area contributed by atoms with Crippen molar-refractivity contribution in [1.29, 1.82) is 0 Å². The van der Waals surface area contributed by atoms with Gasteiger partial charge in [0.15, 0.2) is 5.11 Å². The van der Waals surface area contributed by atoms with Gasteiger partial charge in [-0.2, -0.15) is 0 Å². The fourth-order valence-electron chi connectivity index (χ4n) is 1.82. The van der Waals surface area contributed by atoms with Crippen LogP contribution >= 0.6 is 12.2 Å². The Kier molecular flexibility index (Phi) is 4.19. The minimum Gasteiger partial charge on any atom is -0.332 e. The number of aromatic nitrogens is 2. The number of benzene rings is 1. The second-order valence-corrected chi connectivity index (χ2v) is 5.35. The van der Waals surface area contributed by atoms with Gasteiger partial charge in [-0.25, -0.2) is 4.79 Å². The normalized spacial score (nSPS) is 10.8. The largest absolute Gasteiger partial charge is 0.332 e. The van der Waals surface area contributed by atoms with Gasteiger partial charge in [0.05, 0.1) is 11.0 Å². The van der Waals surface area contributed by atoms with Gasteiger partial charge in [0.1, 0.15) is 0 Å². The van der Waals surface area contributed by atoms with Crippen molar-refractivity contribution in [1.82, 2.24) is 15.3 Å². The number of thiocarbonyl (C=S) groups is 1. The molecule has 0 spiro atoms. The number of rotatable bonds is 3. The standard InChI is InChI=1S/C13H16N4O2S/c1-7(2)5-11(18)17-13(20)14-8-3-4-9-10(6-8)16-12(19)15-9/h3-4,6-7H,5H2,1-2H3,(H2,15,16,19)(H2,14,17,18,20). The predicted molar refractivity (Wildman–Crippen MR) is 82.7 cm³/mol. The van der Waals surface area contributed by atoms with Gasteiger partial charge >= 0.3 is 5.69 Å². The van der Waals surface area contributed by atoms with Gasteiger partial charge in [-0.1, -0.05) is 13.8 Å². The van der Waals surface area contributed by atoms with E-state index in [1.807, 2.05) is 13.8 Å². The zero-order chi connectivity index (χ0) is 14.7. The molecule has 4 N–H and O–H groups in total. The Balaban J connectivity index is 2.02. The van der Waals surface area contributed by atoms with Crippen LogP contribution in [0, 0.1) is 5.92 Å². The van der Waals surface area contributed by atoms with Crippen LogP contribution in [0.2, 0.25) is 0 Å². The van der Waals surface area contributed by atoms with E-state index in [1.54, 1.807) is 18.2 Å². The van der Waals surface area contributed by atoms with Crippen LogP contribution < -0.4 is 16.3 Å². The molecule has 20 heavy (non-hydrogen) atoms. The number of H-pyrrole nitrogens is 2. The van der Waals surface area contributed by atoms with E-state index in [1.165, 1.54) is 0 Å². The lowest BCUT2D eigenvalue weighted by atomic mass is 10.1. The van der Waals surface area contributed by atoms with E-state index in [-0.39, 0.29) is 22.6 Å². The summed E-state index contributed by atoms with van der Waals surface area (Å²) in [6, 6.07) is 5.27. The number of hydrogen-bond donors (Lipinski definition) is 4. The third-order valence-corrected chi connectivity index (χ3v) is 2.82. The smallest absolute Gasteiger partial charge is 0.323 e. The molecule has 6 nitrogen and oxygen atoms in total. The molecule has 0 saturated heterocycles. The van der Waals surface area contributed by atoms with E-state index in [9.17, 15) is 9.59 Å². The summed E-state index contributed by atoms with van der Waals surface area (Å²) in [4.78, 5) is 28.0. The summed E-state index contributed by atoms with van der Waals surface area (Å²) in [5, 5.41) is 5.77. The summed E-state index contributed by atoms with van der Waals surface area (Å²) in [7, 11) is 0. The molecule has 0 aliphatic rings.